The second kappa shape index (κ2) is 8.06. The maximum absolute atomic E-state index is 5.55. The van der Waals surface area contributed by atoms with Crippen LogP contribution in [0.25, 0.3) is 28.4 Å². The molecular weight excluding hydrogens is 364 g/mol. The van der Waals surface area contributed by atoms with E-state index in [1.54, 1.807) is 18.9 Å². The number of aryl methyl sites for hydroxylation is 1. The molecule has 0 aliphatic carbocycles. The Balaban J connectivity index is 1.89. The fourth-order valence-electron chi connectivity index (χ4n) is 3.14. The van der Waals surface area contributed by atoms with E-state index >= 15 is 0 Å². The van der Waals surface area contributed by atoms with Crippen LogP contribution in [0, 0.1) is 6.92 Å². The van der Waals surface area contributed by atoms with Gasteiger partial charge in [0.05, 0.1) is 22.4 Å². The van der Waals surface area contributed by atoms with Gasteiger partial charge in [0.1, 0.15) is 4.93 Å². The van der Waals surface area contributed by atoms with E-state index in [1.165, 1.54) is 0 Å². The van der Waals surface area contributed by atoms with E-state index < -0.39 is 0 Å². The maximum Gasteiger partial charge on any atom is 0.108 e. The second-order valence-corrected chi connectivity index (χ2v) is 10.2. The van der Waals surface area contributed by atoms with Crippen molar-refractivity contribution in [3.05, 3.63) is 65.9 Å². The van der Waals surface area contributed by atoms with Gasteiger partial charge in [-0.1, -0.05) is 48.6 Å². The lowest BCUT2D eigenvalue weighted by Crippen LogP contribution is -2.26. The van der Waals surface area contributed by atoms with Crippen LogP contribution in [0.15, 0.2) is 54.6 Å². The molecule has 0 amide bonds. The van der Waals surface area contributed by atoms with Crippen LogP contribution in [0.1, 0.15) is 39.0 Å². The van der Waals surface area contributed by atoms with E-state index in [1.807, 2.05) is 31.2 Å². The first kappa shape index (κ1) is 20.6. The molecule has 0 fully saturated rings. The topological polar surface area (TPSA) is 35.0 Å². The average Bonchev–Trinajstić information content (AvgIpc) is 2.65. The molecule has 0 unspecified atom stereocenters. The Kier molecular flexibility index (Phi) is 5.92. The lowest BCUT2D eigenvalue weighted by Gasteiger charge is -2.31. The van der Waals surface area contributed by atoms with Crippen molar-refractivity contribution in [2.24, 2.45) is 0 Å². The van der Waals surface area contributed by atoms with Crippen molar-refractivity contribution in [3.63, 3.8) is 0 Å². The number of rotatable bonds is 6. The largest absolute Gasteiger partial charge is 0.368 e. The summed E-state index contributed by atoms with van der Waals surface area (Å²) in [4.78, 5) is 9.43. The van der Waals surface area contributed by atoms with Crippen molar-refractivity contribution in [1.82, 2.24) is 9.97 Å². The Morgan fingerprint density at radius 2 is 1.64 bits per heavy atom. The van der Waals surface area contributed by atoms with Crippen LogP contribution >= 0.6 is 11.8 Å². The Labute approximate surface area is 172 Å². The van der Waals surface area contributed by atoms with Gasteiger partial charge in [0.2, 0.25) is 0 Å². The summed E-state index contributed by atoms with van der Waals surface area (Å²) in [6, 6.07) is 16.5. The predicted molar refractivity (Wildman–Crippen MR) is 122 cm³/mol. The number of hydrogen-bond donors (Lipinski definition) is 0. The standard InChI is InChI=1S/C24H28N2OS/c1-17-22(19-10-8-7-9-11-19)26-20-13-12-18(16-21(20)25-17)14-15-23(2,3)28-24(4,5)27-6/h7-16H,1-6H3/b15-14+. The van der Waals surface area contributed by atoms with Crippen molar-refractivity contribution < 1.29 is 4.74 Å². The highest BCUT2D eigenvalue weighted by Gasteiger charge is 2.27. The summed E-state index contributed by atoms with van der Waals surface area (Å²) in [7, 11) is 1.75. The first-order valence-corrected chi connectivity index (χ1v) is 10.3. The van der Waals surface area contributed by atoms with Gasteiger partial charge in [-0.15, -0.1) is 11.8 Å². The zero-order chi connectivity index (χ0) is 20.4. The molecule has 3 rings (SSSR count). The number of methoxy groups -OCH3 is 1. The fraction of sp³-hybridized carbons (Fsp3) is 0.333. The minimum Gasteiger partial charge on any atom is -0.368 e. The minimum atomic E-state index is -0.229. The monoisotopic (exact) mass is 392 g/mol. The van der Waals surface area contributed by atoms with Gasteiger partial charge in [0.15, 0.2) is 0 Å². The smallest absolute Gasteiger partial charge is 0.108 e. The highest BCUT2D eigenvalue weighted by molar-refractivity contribution is 8.01. The second-order valence-electron chi connectivity index (χ2n) is 7.91. The number of hydrogen-bond acceptors (Lipinski definition) is 4. The first-order chi connectivity index (χ1) is 13.2. The van der Waals surface area contributed by atoms with Crippen molar-refractivity contribution in [2.75, 3.05) is 7.11 Å². The molecule has 0 aliphatic heterocycles. The molecule has 0 spiro atoms. The minimum absolute atomic E-state index is 0.0484. The van der Waals surface area contributed by atoms with Crippen molar-refractivity contribution in [3.8, 4) is 11.3 Å². The lowest BCUT2D eigenvalue weighted by atomic mass is 10.1. The molecule has 1 aromatic heterocycles. The van der Waals surface area contributed by atoms with Gasteiger partial charge in [-0.3, -0.25) is 0 Å². The van der Waals surface area contributed by atoms with Crippen molar-refractivity contribution >= 4 is 28.9 Å². The van der Waals surface area contributed by atoms with Gasteiger partial charge < -0.3 is 4.74 Å². The van der Waals surface area contributed by atoms with E-state index in [-0.39, 0.29) is 9.68 Å². The van der Waals surface area contributed by atoms with Crippen LogP contribution in [0.3, 0.4) is 0 Å². The molecule has 146 valence electrons. The quantitative estimate of drug-likeness (QED) is 0.448. The summed E-state index contributed by atoms with van der Waals surface area (Å²) in [6.45, 7) is 10.6. The van der Waals surface area contributed by atoms with Crippen LogP contribution < -0.4 is 0 Å². The normalized spacial score (nSPS) is 12.8. The van der Waals surface area contributed by atoms with Gasteiger partial charge in [0, 0.05) is 17.4 Å². The van der Waals surface area contributed by atoms with E-state index in [9.17, 15) is 0 Å². The van der Waals surface area contributed by atoms with E-state index in [2.05, 4.69) is 64.1 Å². The molecule has 0 N–H and O–H groups in total. The van der Waals surface area contributed by atoms with Gasteiger partial charge in [0.25, 0.3) is 0 Å². The van der Waals surface area contributed by atoms with Crippen molar-refractivity contribution in [1.29, 1.82) is 0 Å². The van der Waals surface area contributed by atoms with E-state index in [4.69, 9.17) is 14.7 Å². The number of thioether (sulfide) groups is 1. The molecule has 0 saturated heterocycles. The average molecular weight is 393 g/mol. The summed E-state index contributed by atoms with van der Waals surface area (Å²) in [5.41, 5.74) is 5.93. The number of nitrogens with zero attached hydrogens (tertiary/aromatic N) is 2. The van der Waals surface area contributed by atoms with E-state index in [0.29, 0.717) is 0 Å². The molecule has 1 heterocycles. The van der Waals surface area contributed by atoms with Gasteiger partial charge in [-0.2, -0.15) is 0 Å². The van der Waals surface area contributed by atoms with Crippen LogP contribution in [0.5, 0.6) is 0 Å². The summed E-state index contributed by atoms with van der Waals surface area (Å²) in [6.07, 6.45) is 4.37. The zero-order valence-corrected chi connectivity index (χ0v) is 18.3. The molecule has 0 saturated carbocycles. The fourth-order valence-corrected chi connectivity index (χ4v) is 4.63. The number of ether oxygens (including phenoxy) is 1. The Bertz CT molecular complexity index is 994. The SMILES string of the molecule is COC(C)(C)SC(C)(C)/C=C/c1ccc2nc(-c3ccccc3)c(C)nc2c1. The lowest BCUT2D eigenvalue weighted by molar-refractivity contribution is 0.103. The van der Waals surface area contributed by atoms with E-state index in [0.717, 1.165) is 33.5 Å². The number of benzene rings is 2. The summed E-state index contributed by atoms with van der Waals surface area (Å²) in [5.74, 6) is 0. The Hall–Kier alpha value is -2.17. The van der Waals surface area contributed by atoms with Crippen LogP contribution in [0.4, 0.5) is 0 Å². The van der Waals surface area contributed by atoms with Crippen LogP contribution in [-0.4, -0.2) is 26.8 Å². The molecule has 28 heavy (non-hydrogen) atoms. The highest BCUT2D eigenvalue weighted by Crippen LogP contribution is 2.38. The third-order valence-corrected chi connectivity index (χ3v) is 5.91. The molecule has 0 radical (unpaired) electrons. The Morgan fingerprint density at radius 3 is 2.32 bits per heavy atom. The molecule has 0 bridgehead atoms. The summed E-state index contributed by atoms with van der Waals surface area (Å²) >= 11 is 1.79. The first-order valence-electron chi connectivity index (χ1n) is 9.47. The number of aromatic nitrogens is 2. The summed E-state index contributed by atoms with van der Waals surface area (Å²) in [5, 5.41) is 0. The van der Waals surface area contributed by atoms with Crippen molar-refractivity contribution in [2.45, 2.75) is 44.3 Å². The summed E-state index contributed by atoms with van der Waals surface area (Å²) < 4.78 is 5.51. The molecule has 2 aromatic carbocycles. The third-order valence-electron chi connectivity index (χ3n) is 4.59. The zero-order valence-electron chi connectivity index (χ0n) is 17.5. The Morgan fingerprint density at radius 1 is 0.929 bits per heavy atom. The molecule has 0 atom stereocenters. The predicted octanol–water partition coefficient (Wildman–Crippen LogP) is 6.51. The number of fused-ring (bicyclic) bond motifs is 1. The molecule has 3 aromatic rings. The molecule has 4 heteroatoms. The molecule has 0 aliphatic rings. The maximum atomic E-state index is 5.55. The third kappa shape index (κ3) is 5.00. The van der Waals surface area contributed by atoms with Crippen LogP contribution in [0.2, 0.25) is 0 Å². The highest BCUT2D eigenvalue weighted by atomic mass is 32.2. The molecular formula is C24H28N2OS. The van der Waals surface area contributed by atoms with Gasteiger partial charge in [-0.25, -0.2) is 9.97 Å². The van der Waals surface area contributed by atoms with Gasteiger partial charge >= 0.3 is 0 Å². The van der Waals surface area contributed by atoms with Crippen LogP contribution in [-0.2, 0) is 4.74 Å². The van der Waals surface area contributed by atoms with Gasteiger partial charge in [-0.05, 0) is 52.3 Å². The molecule has 3 nitrogen and oxygen atoms in total.